The standard InChI is InChI=1S/C23H25FN2O5/c1-25(2)11-4-12-26-20(14-5-8-16(27)9-6-14)19(22(29)23(26)30)21(28)17-13-15(24)7-10-18(17)31-3/h5-10,13,20,27-28H,4,11-12H2,1-3H3/b21-19+. The summed E-state index contributed by atoms with van der Waals surface area (Å²) in [5, 5.41) is 20.7. The fourth-order valence-electron chi connectivity index (χ4n) is 3.68. The number of halogens is 1. The van der Waals surface area contributed by atoms with E-state index in [1.54, 1.807) is 12.1 Å². The van der Waals surface area contributed by atoms with Crippen molar-refractivity contribution in [2.75, 3.05) is 34.3 Å². The number of ether oxygens (including phenoxy) is 1. The maximum Gasteiger partial charge on any atom is 0.295 e. The van der Waals surface area contributed by atoms with Gasteiger partial charge in [0, 0.05) is 6.54 Å². The van der Waals surface area contributed by atoms with Crippen LogP contribution in [0.2, 0.25) is 0 Å². The first-order chi connectivity index (χ1) is 14.7. The molecular formula is C23H25FN2O5. The van der Waals surface area contributed by atoms with Gasteiger partial charge in [0.1, 0.15) is 23.1 Å². The van der Waals surface area contributed by atoms with Crippen LogP contribution in [0, 0.1) is 5.82 Å². The number of carbonyl (C=O) groups is 2. The van der Waals surface area contributed by atoms with Crippen molar-refractivity contribution < 1.29 is 28.9 Å². The summed E-state index contributed by atoms with van der Waals surface area (Å²) in [4.78, 5) is 29.2. The molecule has 0 aromatic heterocycles. The molecule has 1 fully saturated rings. The quantitative estimate of drug-likeness (QED) is 0.400. The van der Waals surface area contributed by atoms with Crippen molar-refractivity contribution in [3.05, 3.63) is 65.0 Å². The lowest BCUT2D eigenvalue weighted by molar-refractivity contribution is -0.139. The molecule has 2 N–H and O–H groups in total. The van der Waals surface area contributed by atoms with Crippen molar-refractivity contribution in [1.29, 1.82) is 0 Å². The van der Waals surface area contributed by atoms with Crippen LogP contribution in [0.25, 0.3) is 5.76 Å². The number of aromatic hydroxyl groups is 1. The lowest BCUT2D eigenvalue weighted by Gasteiger charge is -2.26. The number of rotatable bonds is 7. The normalized spacial score (nSPS) is 18.1. The van der Waals surface area contributed by atoms with E-state index >= 15 is 0 Å². The highest BCUT2D eigenvalue weighted by Crippen LogP contribution is 2.41. The molecule has 31 heavy (non-hydrogen) atoms. The number of benzene rings is 2. The molecular weight excluding hydrogens is 403 g/mol. The number of amides is 1. The van der Waals surface area contributed by atoms with Crippen molar-refractivity contribution in [3.63, 3.8) is 0 Å². The van der Waals surface area contributed by atoms with Gasteiger partial charge in [0.05, 0.1) is 24.3 Å². The minimum absolute atomic E-state index is 0.0161. The SMILES string of the molecule is COc1ccc(F)cc1/C(O)=C1\C(=O)C(=O)N(CCCN(C)C)C1c1ccc(O)cc1. The molecule has 0 spiro atoms. The Morgan fingerprint density at radius 1 is 1.16 bits per heavy atom. The minimum atomic E-state index is -0.879. The van der Waals surface area contributed by atoms with Gasteiger partial charge in [-0.3, -0.25) is 9.59 Å². The lowest BCUT2D eigenvalue weighted by Crippen LogP contribution is -2.32. The number of Topliss-reactive ketones (excluding diaryl/α,β-unsaturated/α-hetero) is 1. The molecule has 1 atom stereocenters. The number of carbonyl (C=O) groups excluding carboxylic acids is 2. The van der Waals surface area contributed by atoms with Gasteiger partial charge < -0.3 is 24.7 Å². The zero-order valence-electron chi connectivity index (χ0n) is 17.6. The second-order valence-corrected chi connectivity index (χ2v) is 7.59. The number of phenolic OH excluding ortho intramolecular Hbond substituents is 1. The Morgan fingerprint density at radius 3 is 2.45 bits per heavy atom. The van der Waals surface area contributed by atoms with Gasteiger partial charge in [-0.25, -0.2) is 4.39 Å². The lowest BCUT2D eigenvalue weighted by atomic mass is 9.95. The topological polar surface area (TPSA) is 90.3 Å². The van der Waals surface area contributed by atoms with Gasteiger partial charge in [0.25, 0.3) is 11.7 Å². The molecule has 7 nitrogen and oxygen atoms in total. The van der Waals surface area contributed by atoms with Gasteiger partial charge in [-0.15, -0.1) is 0 Å². The van der Waals surface area contributed by atoms with Crippen LogP contribution < -0.4 is 4.74 Å². The third-order valence-corrected chi connectivity index (χ3v) is 5.17. The first kappa shape index (κ1) is 22.3. The molecule has 1 heterocycles. The van der Waals surface area contributed by atoms with E-state index in [0.717, 1.165) is 6.07 Å². The van der Waals surface area contributed by atoms with Crippen molar-refractivity contribution in [3.8, 4) is 11.5 Å². The van der Waals surface area contributed by atoms with Gasteiger partial charge in [-0.05, 0) is 63.0 Å². The van der Waals surface area contributed by atoms with Crippen LogP contribution in [0.5, 0.6) is 11.5 Å². The molecule has 8 heteroatoms. The van der Waals surface area contributed by atoms with Gasteiger partial charge in [0.15, 0.2) is 0 Å². The molecule has 1 aliphatic rings. The molecule has 0 radical (unpaired) electrons. The summed E-state index contributed by atoms with van der Waals surface area (Å²) in [7, 11) is 5.17. The van der Waals surface area contributed by atoms with Crippen molar-refractivity contribution in [2.24, 2.45) is 0 Å². The summed E-state index contributed by atoms with van der Waals surface area (Å²) in [5.74, 6) is -2.53. The molecule has 1 aliphatic heterocycles. The summed E-state index contributed by atoms with van der Waals surface area (Å²) < 4.78 is 19.1. The Labute approximate surface area is 180 Å². The van der Waals surface area contributed by atoms with Gasteiger partial charge in [0.2, 0.25) is 0 Å². The Morgan fingerprint density at radius 2 is 1.84 bits per heavy atom. The average Bonchev–Trinajstić information content (AvgIpc) is 2.98. The van der Waals surface area contributed by atoms with E-state index in [0.29, 0.717) is 18.5 Å². The predicted molar refractivity (Wildman–Crippen MR) is 113 cm³/mol. The molecule has 1 unspecified atom stereocenters. The summed E-state index contributed by atoms with van der Waals surface area (Å²) in [6, 6.07) is 8.75. The van der Waals surface area contributed by atoms with E-state index in [1.807, 2.05) is 19.0 Å². The number of aliphatic hydroxyl groups is 1. The smallest absolute Gasteiger partial charge is 0.295 e. The molecule has 2 aromatic carbocycles. The van der Waals surface area contributed by atoms with Gasteiger partial charge in [-0.1, -0.05) is 12.1 Å². The number of nitrogens with zero attached hydrogens (tertiary/aromatic N) is 2. The van der Waals surface area contributed by atoms with Crippen molar-refractivity contribution >= 4 is 17.4 Å². The zero-order valence-corrected chi connectivity index (χ0v) is 17.6. The first-order valence-corrected chi connectivity index (χ1v) is 9.80. The molecule has 2 aromatic rings. The van der Waals surface area contributed by atoms with Crippen LogP contribution in [0.15, 0.2) is 48.0 Å². The molecule has 3 rings (SSSR count). The second-order valence-electron chi connectivity index (χ2n) is 7.59. The zero-order chi connectivity index (χ0) is 22.7. The van der Waals surface area contributed by atoms with E-state index in [4.69, 9.17) is 4.74 Å². The first-order valence-electron chi connectivity index (χ1n) is 9.80. The summed E-state index contributed by atoms with van der Waals surface area (Å²) in [6.07, 6.45) is 0.609. The summed E-state index contributed by atoms with van der Waals surface area (Å²) >= 11 is 0. The Kier molecular flexibility index (Phi) is 6.60. The highest BCUT2D eigenvalue weighted by molar-refractivity contribution is 6.46. The van der Waals surface area contributed by atoms with Crippen LogP contribution in [-0.2, 0) is 9.59 Å². The van der Waals surface area contributed by atoms with E-state index in [-0.39, 0.29) is 29.2 Å². The predicted octanol–water partition coefficient (Wildman–Crippen LogP) is 2.91. The molecule has 1 amide bonds. The highest BCUT2D eigenvalue weighted by atomic mass is 19.1. The van der Waals surface area contributed by atoms with E-state index in [9.17, 15) is 24.2 Å². The Hall–Kier alpha value is -3.39. The fourth-order valence-corrected chi connectivity index (χ4v) is 3.68. The maximum absolute atomic E-state index is 13.9. The Bertz CT molecular complexity index is 1020. The van der Waals surface area contributed by atoms with Gasteiger partial charge >= 0.3 is 0 Å². The Balaban J connectivity index is 2.15. The molecule has 164 valence electrons. The van der Waals surface area contributed by atoms with E-state index in [2.05, 4.69) is 0 Å². The average molecular weight is 428 g/mol. The highest BCUT2D eigenvalue weighted by Gasteiger charge is 2.46. The van der Waals surface area contributed by atoms with Gasteiger partial charge in [-0.2, -0.15) is 0 Å². The fraction of sp³-hybridized carbons (Fsp3) is 0.304. The van der Waals surface area contributed by atoms with Crippen LogP contribution in [0.3, 0.4) is 0 Å². The van der Waals surface area contributed by atoms with Crippen LogP contribution in [-0.4, -0.2) is 66.0 Å². The number of hydrogen-bond donors (Lipinski definition) is 2. The number of aliphatic hydroxyl groups excluding tert-OH is 1. The summed E-state index contributed by atoms with van der Waals surface area (Å²) in [5.41, 5.74) is 0.376. The molecule has 0 aliphatic carbocycles. The number of ketones is 1. The van der Waals surface area contributed by atoms with Crippen LogP contribution in [0.4, 0.5) is 4.39 Å². The van der Waals surface area contributed by atoms with Crippen LogP contribution in [0.1, 0.15) is 23.6 Å². The second kappa shape index (κ2) is 9.18. The monoisotopic (exact) mass is 428 g/mol. The molecule has 0 bridgehead atoms. The summed E-state index contributed by atoms with van der Waals surface area (Å²) in [6.45, 7) is 0.981. The molecule has 1 saturated heterocycles. The molecule has 0 saturated carbocycles. The van der Waals surface area contributed by atoms with E-state index < -0.39 is 29.3 Å². The number of phenols is 1. The maximum atomic E-state index is 13.9. The number of hydrogen-bond acceptors (Lipinski definition) is 6. The van der Waals surface area contributed by atoms with Crippen molar-refractivity contribution in [1.82, 2.24) is 9.80 Å². The third-order valence-electron chi connectivity index (χ3n) is 5.17. The third kappa shape index (κ3) is 4.54. The minimum Gasteiger partial charge on any atom is -0.508 e. The number of likely N-dealkylation sites (tertiary alicyclic amines) is 1. The number of methoxy groups -OCH3 is 1. The van der Waals surface area contributed by atoms with Crippen molar-refractivity contribution in [2.45, 2.75) is 12.5 Å². The largest absolute Gasteiger partial charge is 0.508 e. The van der Waals surface area contributed by atoms with Crippen LogP contribution >= 0.6 is 0 Å². The van der Waals surface area contributed by atoms with E-state index in [1.165, 1.54) is 36.3 Å².